The minimum Gasteiger partial charge on any atom is -0.381 e. The fourth-order valence-electron chi connectivity index (χ4n) is 2.20. The minimum absolute atomic E-state index is 0.0158. The van der Waals surface area contributed by atoms with Crippen LogP contribution in [-0.2, 0) is 10.9 Å². The summed E-state index contributed by atoms with van der Waals surface area (Å²) in [6, 6.07) is 0.922. The Bertz CT molecular complexity index is 475. The number of nitrogens with zero attached hydrogens (tertiary/aromatic N) is 2. The Labute approximate surface area is 121 Å². The molecule has 2 rings (SSSR count). The second kappa shape index (κ2) is 6.46. The molecule has 0 bridgehead atoms. The summed E-state index contributed by atoms with van der Waals surface area (Å²) in [5, 5.41) is 5.74. The molecule has 1 aliphatic heterocycles. The van der Waals surface area contributed by atoms with Crippen molar-refractivity contribution >= 4 is 11.8 Å². The number of hydrogen-bond acceptors (Lipinski definition) is 5. The lowest BCUT2D eigenvalue weighted by Crippen LogP contribution is -2.27. The van der Waals surface area contributed by atoms with Gasteiger partial charge in [0.15, 0.2) is 5.69 Å². The fraction of sp³-hybridized carbons (Fsp3) is 0.692. The molecule has 0 radical (unpaired) electrons. The molecule has 5 nitrogen and oxygen atoms in total. The van der Waals surface area contributed by atoms with E-state index in [9.17, 15) is 13.2 Å². The molecular weight excluding hydrogens is 285 g/mol. The quantitative estimate of drug-likeness (QED) is 0.876. The highest BCUT2D eigenvalue weighted by molar-refractivity contribution is 5.43. The summed E-state index contributed by atoms with van der Waals surface area (Å²) in [5.41, 5.74) is -0.953. The molecule has 8 heteroatoms. The summed E-state index contributed by atoms with van der Waals surface area (Å²) in [6.45, 7) is 5.45. The van der Waals surface area contributed by atoms with Crippen LogP contribution >= 0.6 is 0 Å². The molecule has 2 unspecified atom stereocenters. The highest BCUT2D eigenvalue weighted by Crippen LogP contribution is 2.30. The van der Waals surface area contributed by atoms with E-state index in [0.29, 0.717) is 19.8 Å². The zero-order chi connectivity index (χ0) is 15.5. The van der Waals surface area contributed by atoms with Crippen molar-refractivity contribution in [3.8, 4) is 0 Å². The van der Waals surface area contributed by atoms with Crippen molar-refractivity contribution in [2.45, 2.75) is 32.5 Å². The van der Waals surface area contributed by atoms with Crippen molar-refractivity contribution in [2.24, 2.45) is 5.92 Å². The predicted octanol–water partition coefficient (Wildman–Crippen LogP) is 2.76. The summed E-state index contributed by atoms with van der Waals surface area (Å²) in [6.07, 6.45) is -3.60. The van der Waals surface area contributed by atoms with E-state index in [1.807, 2.05) is 6.92 Å². The summed E-state index contributed by atoms with van der Waals surface area (Å²) in [4.78, 5) is 7.56. The van der Waals surface area contributed by atoms with Crippen LogP contribution in [0, 0.1) is 5.92 Å². The van der Waals surface area contributed by atoms with E-state index in [1.54, 1.807) is 6.92 Å². The Morgan fingerprint density at radius 1 is 1.43 bits per heavy atom. The van der Waals surface area contributed by atoms with Gasteiger partial charge >= 0.3 is 6.18 Å². The molecule has 0 aromatic carbocycles. The van der Waals surface area contributed by atoms with Crippen LogP contribution in [0.2, 0.25) is 0 Å². The molecule has 0 spiro atoms. The molecule has 1 aromatic rings. The van der Waals surface area contributed by atoms with Crippen LogP contribution in [0.1, 0.15) is 26.0 Å². The third-order valence-electron chi connectivity index (χ3n) is 3.40. The van der Waals surface area contributed by atoms with Gasteiger partial charge in [0.2, 0.25) is 5.95 Å². The molecule has 2 N–H and O–H groups in total. The van der Waals surface area contributed by atoms with E-state index in [-0.39, 0.29) is 23.7 Å². The fourth-order valence-corrected chi connectivity index (χ4v) is 2.20. The summed E-state index contributed by atoms with van der Waals surface area (Å²) in [5.74, 6) is 0.425. The first-order chi connectivity index (χ1) is 9.90. The molecule has 21 heavy (non-hydrogen) atoms. The highest BCUT2D eigenvalue weighted by Gasteiger charge is 2.34. The van der Waals surface area contributed by atoms with E-state index in [0.717, 1.165) is 12.5 Å². The average molecular weight is 304 g/mol. The van der Waals surface area contributed by atoms with Crippen LogP contribution in [0.25, 0.3) is 0 Å². The number of halogens is 3. The summed E-state index contributed by atoms with van der Waals surface area (Å²) in [7, 11) is 0. The predicted molar refractivity (Wildman–Crippen MR) is 73.2 cm³/mol. The van der Waals surface area contributed by atoms with Gasteiger partial charge in [-0.3, -0.25) is 0 Å². The third kappa shape index (κ3) is 4.20. The first-order valence-electron chi connectivity index (χ1n) is 6.94. The van der Waals surface area contributed by atoms with Crippen LogP contribution in [0.4, 0.5) is 24.9 Å². The van der Waals surface area contributed by atoms with E-state index in [1.165, 1.54) is 0 Å². The zero-order valence-corrected chi connectivity index (χ0v) is 12.0. The maximum atomic E-state index is 12.9. The molecule has 1 saturated heterocycles. The van der Waals surface area contributed by atoms with Crippen LogP contribution < -0.4 is 10.6 Å². The summed E-state index contributed by atoms with van der Waals surface area (Å²) >= 11 is 0. The van der Waals surface area contributed by atoms with Gasteiger partial charge in [0.1, 0.15) is 5.82 Å². The maximum absolute atomic E-state index is 12.9. The van der Waals surface area contributed by atoms with Gasteiger partial charge in [0.25, 0.3) is 0 Å². The second-order valence-corrected chi connectivity index (χ2v) is 5.05. The van der Waals surface area contributed by atoms with Crippen LogP contribution in [0.15, 0.2) is 6.07 Å². The molecule has 0 amide bonds. The van der Waals surface area contributed by atoms with Gasteiger partial charge in [-0.25, -0.2) is 4.98 Å². The number of rotatable bonds is 5. The van der Waals surface area contributed by atoms with Gasteiger partial charge < -0.3 is 15.4 Å². The van der Waals surface area contributed by atoms with Crippen molar-refractivity contribution in [1.82, 2.24) is 9.97 Å². The monoisotopic (exact) mass is 304 g/mol. The molecule has 2 heterocycles. The Hall–Kier alpha value is -1.57. The van der Waals surface area contributed by atoms with Crippen molar-refractivity contribution in [3.63, 3.8) is 0 Å². The number of alkyl halides is 3. The molecule has 1 aliphatic rings. The van der Waals surface area contributed by atoms with Gasteiger partial charge in [-0.2, -0.15) is 18.2 Å². The summed E-state index contributed by atoms with van der Waals surface area (Å²) < 4.78 is 43.9. The average Bonchev–Trinajstić information content (AvgIpc) is 2.91. The molecule has 1 aromatic heterocycles. The van der Waals surface area contributed by atoms with Crippen LogP contribution in [0.5, 0.6) is 0 Å². The van der Waals surface area contributed by atoms with Gasteiger partial charge in [-0.1, -0.05) is 0 Å². The van der Waals surface area contributed by atoms with Gasteiger partial charge in [0, 0.05) is 31.2 Å². The first kappa shape index (κ1) is 15.8. The Morgan fingerprint density at radius 3 is 2.76 bits per heavy atom. The Balaban J connectivity index is 2.18. The number of nitrogens with one attached hydrogen (secondary N) is 2. The highest BCUT2D eigenvalue weighted by atomic mass is 19.4. The van der Waals surface area contributed by atoms with Crippen molar-refractivity contribution in [1.29, 1.82) is 0 Å². The minimum atomic E-state index is -4.50. The Morgan fingerprint density at radius 2 is 2.19 bits per heavy atom. The van der Waals surface area contributed by atoms with Gasteiger partial charge in [0.05, 0.1) is 6.61 Å². The Kier molecular flexibility index (Phi) is 4.87. The van der Waals surface area contributed by atoms with E-state index in [2.05, 4.69) is 20.6 Å². The first-order valence-corrected chi connectivity index (χ1v) is 6.94. The molecule has 0 aliphatic carbocycles. The molecule has 2 atom stereocenters. The molecule has 118 valence electrons. The standard InChI is InChI=1S/C13H19F3N4O/c1-3-17-12-19-10(13(14,15)16)6-11(20-12)18-8(2)9-4-5-21-7-9/h6,8-9H,3-5,7H2,1-2H3,(H2,17,18,19,20). The number of ether oxygens (including phenoxy) is 1. The van der Waals surface area contributed by atoms with Crippen molar-refractivity contribution in [3.05, 3.63) is 11.8 Å². The van der Waals surface area contributed by atoms with Crippen molar-refractivity contribution in [2.75, 3.05) is 30.4 Å². The van der Waals surface area contributed by atoms with Crippen molar-refractivity contribution < 1.29 is 17.9 Å². The molecule has 0 saturated carbocycles. The lowest BCUT2D eigenvalue weighted by atomic mass is 10.0. The number of hydrogen-bond donors (Lipinski definition) is 2. The maximum Gasteiger partial charge on any atom is 0.433 e. The number of aromatic nitrogens is 2. The molecular formula is C13H19F3N4O. The smallest absolute Gasteiger partial charge is 0.381 e. The van der Waals surface area contributed by atoms with E-state index < -0.39 is 11.9 Å². The van der Waals surface area contributed by atoms with E-state index >= 15 is 0 Å². The lowest BCUT2D eigenvalue weighted by Gasteiger charge is -2.20. The normalized spacial score (nSPS) is 20.3. The van der Waals surface area contributed by atoms with E-state index in [4.69, 9.17) is 4.74 Å². The van der Waals surface area contributed by atoms with Gasteiger partial charge in [-0.05, 0) is 20.3 Å². The number of anilines is 2. The largest absolute Gasteiger partial charge is 0.433 e. The third-order valence-corrected chi connectivity index (χ3v) is 3.40. The topological polar surface area (TPSA) is 59.1 Å². The van der Waals surface area contributed by atoms with Crippen LogP contribution in [-0.4, -0.2) is 35.8 Å². The van der Waals surface area contributed by atoms with Gasteiger partial charge in [-0.15, -0.1) is 0 Å². The molecule has 1 fully saturated rings. The second-order valence-electron chi connectivity index (χ2n) is 5.05. The SMILES string of the molecule is CCNc1nc(NC(C)C2CCOC2)cc(C(F)(F)F)n1. The lowest BCUT2D eigenvalue weighted by molar-refractivity contribution is -0.141. The zero-order valence-electron chi connectivity index (χ0n) is 12.0. The van der Waals surface area contributed by atoms with Crippen LogP contribution in [0.3, 0.4) is 0 Å².